The normalized spacial score (nSPS) is 18.7. The summed E-state index contributed by atoms with van der Waals surface area (Å²) in [6.45, 7) is 35.8. The molecule has 2 saturated carbocycles. The molecular formula is C87H117FN4O21. The molecular weight excluding hydrogens is 1460 g/mol. The van der Waals surface area contributed by atoms with E-state index in [9.17, 15) is 71.5 Å². The monoisotopic (exact) mass is 1570 g/mol. The largest absolute Gasteiger partial charge is 0.480 e. The second-order valence-electron chi connectivity index (χ2n) is 32.8. The van der Waals surface area contributed by atoms with E-state index in [0.717, 1.165) is 22.3 Å². The number of ketones is 6. The first-order valence-electron chi connectivity index (χ1n) is 37.9. The number of hydrogen-bond acceptors (Lipinski definition) is 20. The van der Waals surface area contributed by atoms with Crippen molar-refractivity contribution in [3.63, 3.8) is 0 Å². The van der Waals surface area contributed by atoms with Gasteiger partial charge in [0.1, 0.15) is 85.2 Å². The number of amides is 4. The molecule has 4 aromatic rings. The first-order chi connectivity index (χ1) is 52.6. The van der Waals surface area contributed by atoms with Crippen LogP contribution in [0.3, 0.4) is 0 Å². The van der Waals surface area contributed by atoms with Crippen molar-refractivity contribution in [1.29, 1.82) is 0 Å². The smallest absolute Gasteiger partial charge is 0.408 e. The number of carboxylic acids is 1. The maximum Gasteiger partial charge on any atom is 0.408 e. The summed E-state index contributed by atoms with van der Waals surface area (Å²) in [6, 6.07) is 31.4. The molecule has 4 aliphatic carbocycles. The number of nitrogens with one attached hydrogen (secondary N) is 4. The van der Waals surface area contributed by atoms with Gasteiger partial charge in [0.05, 0.1) is 12.8 Å². The number of allylic oxidation sites excluding steroid dienone is 4. The van der Waals surface area contributed by atoms with E-state index in [1.807, 2.05) is 185 Å². The molecule has 4 aliphatic rings. The molecule has 0 spiro atoms. The van der Waals surface area contributed by atoms with Crippen LogP contribution in [-0.2, 0) is 103 Å². The second-order valence-corrected chi connectivity index (χ2v) is 32.8. The van der Waals surface area contributed by atoms with E-state index >= 15 is 0 Å². The number of hydrogen-bond donors (Lipinski definition) is 5. The summed E-state index contributed by atoms with van der Waals surface area (Å²) in [5.41, 5.74) is 2.59. The molecule has 4 aromatic carbocycles. The lowest BCUT2D eigenvalue weighted by Gasteiger charge is -2.34. The number of carbonyl (C=O) groups excluding carboxylic acids is 13. The van der Waals surface area contributed by atoms with Gasteiger partial charge in [-0.3, -0.25) is 33.6 Å². The van der Waals surface area contributed by atoms with Crippen LogP contribution < -0.4 is 21.3 Å². The molecule has 113 heavy (non-hydrogen) atoms. The van der Waals surface area contributed by atoms with Crippen LogP contribution in [0.15, 0.2) is 145 Å². The molecule has 618 valence electrons. The van der Waals surface area contributed by atoms with Gasteiger partial charge in [0, 0.05) is 62.0 Å². The third-order valence-electron chi connectivity index (χ3n) is 19.6. The molecule has 0 aliphatic heterocycles. The summed E-state index contributed by atoms with van der Waals surface area (Å²) < 4.78 is 43.8. The fraction of sp³-hybridized carbons (Fsp3) is 0.517. The number of halogens is 1. The fourth-order valence-electron chi connectivity index (χ4n) is 11.7. The van der Waals surface area contributed by atoms with Crippen LogP contribution in [0.5, 0.6) is 0 Å². The van der Waals surface area contributed by atoms with Gasteiger partial charge in [-0.2, -0.15) is 4.39 Å². The van der Waals surface area contributed by atoms with E-state index in [-0.39, 0.29) is 137 Å². The van der Waals surface area contributed by atoms with Crippen molar-refractivity contribution in [3.8, 4) is 0 Å². The minimum absolute atomic E-state index is 0.0419. The highest BCUT2D eigenvalue weighted by molar-refractivity contribution is 6.03. The predicted molar refractivity (Wildman–Crippen MR) is 421 cm³/mol. The van der Waals surface area contributed by atoms with Crippen LogP contribution in [0.25, 0.3) is 0 Å². The Morgan fingerprint density at radius 1 is 0.389 bits per heavy atom. The van der Waals surface area contributed by atoms with Crippen LogP contribution in [0.4, 0.5) is 23.6 Å². The average Bonchev–Trinajstić information content (AvgIpc) is 0.813. The highest BCUT2D eigenvalue weighted by atomic mass is 19.1. The van der Waals surface area contributed by atoms with Gasteiger partial charge in [-0.15, -0.1) is 0 Å². The molecule has 26 heteroatoms. The second kappa shape index (κ2) is 45.8. The molecule has 3 unspecified atom stereocenters. The van der Waals surface area contributed by atoms with Crippen LogP contribution in [0.2, 0.25) is 0 Å². The summed E-state index contributed by atoms with van der Waals surface area (Å²) in [6.07, 6.45) is 2.85. The molecule has 2 fully saturated rings. The zero-order valence-electron chi connectivity index (χ0n) is 68.8. The number of carbonyl (C=O) groups is 14. The fourth-order valence-corrected chi connectivity index (χ4v) is 11.7. The number of carboxylic acid groups (broad SMARTS) is 1. The van der Waals surface area contributed by atoms with Crippen molar-refractivity contribution >= 4 is 83.0 Å². The highest BCUT2D eigenvalue weighted by Crippen LogP contribution is 2.41. The van der Waals surface area contributed by atoms with Gasteiger partial charge in [0.25, 0.3) is 0 Å². The molecule has 0 bridgehead atoms. The lowest BCUT2D eigenvalue weighted by Crippen LogP contribution is -2.45. The van der Waals surface area contributed by atoms with E-state index in [0.29, 0.717) is 43.6 Å². The Balaban J connectivity index is 0.000000364. The van der Waals surface area contributed by atoms with Crippen molar-refractivity contribution < 1.29 is 105 Å². The molecule has 0 aromatic heterocycles. The molecule has 0 heterocycles. The number of rotatable bonds is 22. The predicted octanol–water partition coefficient (Wildman–Crippen LogP) is 15.4. The number of Topliss-reactive ketones (excluding diaryl/α,β-unsaturated/α-hetero) is 4. The molecule has 0 radical (unpaired) electrons. The van der Waals surface area contributed by atoms with Crippen molar-refractivity contribution in [2.24, 2.45) is 63.1 Å². The zero-order chi connectivity index (χ0) is 85.3. The summed E-state index contributed by atoms with van der Waals surface area (Å²) >= 11 is 0. The zero-order valence-corrected chi connectivity index (χ0v) is 68.8. The Morgan fingerprint density at radius 2 is 0.655 bits per heavy atom. The number of benzene rings is 4. The third-order valence-corrected chi connectivity index (χ3v) is 19.6. The Kier molecular flexibility index (Phi) is 39.2. The quantitative estimate of drug-likeness (QED) is 0.0211. The van der Waals surface area contributed by atoms with Crippen LogP contribution in [-0.4, -0.2) is 112 Å². The Morgan fingerprint density at radius 3 is 0.903 bits per heavy atom. The topological polar surface area (TPSA) is 363 Å². The standard InChI is InChI=1S/2C22H29NO5.C13H16FNO3.C13H17NO4.C9H14O2.C8H12O2/c2*1-14(2)19(23-21(26)27-13-16-9-7-6-8-10-16)20(25)28-17-11-18(24)15(3)22(4,5)12-17;1-9(2)11(12(14)16)15-13(17)18-8-10-6-4-3-5-7-10;1-9(2)11(12(15)16)14-13(17)18-8-10-6-4-3-5-7-10;1-6-8(11)4-7(10)5-9(6,2)3;1-8(2)4-6(9)3-7(10)5-8/h2*6-11,14-15,19H,12-13H2,1-5H3,(H,23,26);3-7,9,11H,8H2,1-2H3,(H,15,17);3-7,9,11H,8H2,1-2H3,(H,14,17)(H,15,16);6H,4-5H2,1-3H3;3-5H2,1-2H3/t2*15?,19-;2*11-;;/m0000../s1. The van der Waals surface area contributed by atoms with Crippen LogP contribution in [0.1, 0.15) is 199 Å². The van der Waals surface area contributed by atoms with E-state index in [1.165, 1.54) is 12.2 Å². The summed E-state index contributed by atoms with van der Waals surface area (Å²) in [5.74, 6) is -2.49. The van der Waals surface area contributed by atoms with Gasteiger partial charge in [-0.05, 0) is 67.6 Å². The molecule has 8 rings (SSSR count). The molecule has 25 nitrogen and oxygen atoms in total. The minimum atomic E-state index is -1.57. The van der Waals surface area contributed by atoms with E-state index in [2.05, 4.69) is 21.3 Å². The van der Waals surface area contributed by atoms with E-state index < -0.39 is 72.5 Å². The molecule has 4 amide bonds. The van der Waals surface area contributed by atoms with Gasteiger partial charge < -0.3 is 54.8 Å². The molecule has 0 saturated heterocycles. The first-order valence-corrected chi connectivity index (χ1v) is 37.9. The number of aliphatic carboxylic acids is 1. The van der Waals surface area contributed by atoms with Crippen molar-refractivity contribution in [2.45, 2.75) is 227 Å². The van der Waals surface area contributed by atoms with Crippen molar-refractivity contribution in [2.75, 3.05) is 0 Å². The van der Waals surface area contributed by atoms with Gasteiger partial charge in [0.2, 0.25) is 0 Å². The maximum absolute atomic E-state index is 12.6. The Hall–Kier alpha value is -10.5. The lowest BCUT2D eigenvalue weighted by molar-refractivity contribution is -0.145. The SMILES string of the molecule is CC(C)[C@H](NC(=O)OCc1ccccc1)C(=O)F.CC(C)[C@H](NC(=O)OCc1ccccc1)C(=O)O.CC(C)[C@H](NC(=O)OCc1ccccc1)C(=O)OC1=CC(=O)C(C)C(C)(C)C1.CC(C)[C@H](NC(=O)OCc1ccccc1)C(=O)OC1=CC(=O)C(C)C(C)(C)C1.CC1(C)CC(=O)CC(=O)C1.CC1C(=O)CC(=O)CC1(C)C. The average molecular weight is 1570 g/mol. The van der Waals surface area contributed by atoms with Crippen LogP contribution in [0, 0.1) is 63.1 Å². The van der Waals surface area contributed by atoms with E-state index in [1.54, 1.807) is 67.5 Å². The van der Waals surface area contributed by atoms with Crippen molar-refractivity contribution in [1.82, 2.24) is 21.3 Å². The van der Waals surface area contributed by atoms with Gasteiger partial charge >= 0.3 is 48.3 Å². The molecule has 5 N–H and O–H groups in total. The van der Waals surface area contributed by atoms with Crippen molar-refractivity contribution in [3.05, 3.63) is 167 Å². The summed E-state index contributed by atoms with van der Waals surface area (Å²) in [4.78, 5) is 162. The van der Waals surface area contributed by atoms with Crippen LogP contribution >= 0.6 is 0 Å². The number of ether oxygens (including phenoxy) is 6. The minimum Gasteiger partial charge on any atom is -0.480 e. The van der Waals surface area contributed by atoms with Gasteiger partial charge in [0.15, 0.2) is 11.6 Å². The molecule has 7 atom stereocenters. The summed E-state index contributed by atoms with van der Waals surface area (Å²) in [5, 5.41) is 18.6. The van der Waals surface area contributed by atoms with E-state index in [4.69, 9.17) is 33.5 Å². The Labute approximate surface area is 663 Å². The number of alkyl carbamates (subject to hydrolysis) is 4. The maximum atomic E-state index is 12.6. The number of esters is 2. The highest BCUT2D eigenvalue weighted by Gasteiger charge is 2.41. The lowest BCUT2D eigenvalue weighted by atomic mass is 9.69. The van der Waals surface area contributed by atoms with Gasteiger partial charge in [-0.1, -0.05) is 253 Å². The van der Waals surface area contributed by atoms with Gasteiger partial charge in [-0.25, -0.2) is 33.6 Å². The third kappa shape index (κ3) is 35.4. The Bertz CT molecular complexity index is 3720. The first kappa shape index (κ1) is 96.7. The summed E-state index contributed by atoms with van der Waals surface area (Å²) in [7, 11) is 0.